The molecule has 1 unspecified atom stereocenters. The van der Waals surface area contributed by atoms with Crippen LogP contribution in [0.2, 0.25) is 10.0 Å². The first kappa shape index (κ1) is 18.2. The number of halogens is 2. The quantitative estimate of drug-likeness (QED) is 0.858. The van der Waals surface area contributed by atoms with Crippen LogP contribution >= 0.6 is 23.2 Å². The average Bonchev–Trinajstić information content (AvgIpc) is 2.64. The molecule has 3 rings (SSSR count). The van der Waals surface area contributed by atoms with E-state index in [9.17, 15) is 4.79 Å². The molecule has 1 saturated heterocycles. The number of piperidine rings is 1. The molecule has 1 atom stereocenters. The van der Waals surface area contributed by atoms with Gasteiger partial charge in [-0.25, -0.2) is 0 Å². The molecule has 0 saturated carbocycles. The van der Waals surface area contributed by atoms with Gasteiger partial charge in [-0.3, -0.25) is 14.7 Å². The van der Waals surface area contributed by atoms with Crippen molar-refractivity contribution in [1.82, 2.24) is 15.2 Å². The summed E-state index contributed by atoms with van der Waals surface area (Å²) in [4.78, 5) is 18.8. The van der Waals surface area contributed by atoms with Crippen molar-refractivity contribution in [1.29, 1.82) is 0 Å². The molecule has 2 heterocycles. The van der Waals surface area contributed by atoms with Gasteiger partial charge in [0.1, 0.15) is 0 Å². The lowest BCUT2D eigenvalue weighted by Gasteiger charge is -2.32. The molecule has 4 nitrogen and oxygen atoms in total. The molecule has 1 fully saturated rings. The lowest BCUT2D eigenvalue weighted by atomic mass is 9.96. The third kappa shape index (κ3) is 4.94. The second kappa shape index (κ2) is 8.65. The van der Waals surface area contributed by atoms with Gasteiger partial charge in [-0.2, -0.15) is 0 Å². The predicted octanol–water partition coefficient (Wildman–Crippen LogP) is 3.92. The van der Waals surface area contributed by atoms with Gasteiger partial charge in [-0.05, 0) is 43.1 Å². The van der Waals surface area contributed by atoms with E-state index < -0.39 is 0 Å². The van der Waals surface area contributed by atoms with Crippen molar-refractivity contribution in [2.45, 2.75) is 25.9 Å². The Bertz CT molecular complexity index is 704. The van der Waals surface area contributed by atoms with Crippen LogP contribution in [0, 0.1) is 5.92 Å². The first-order chi connectivity index (χ1) is 12.1. The minimum Gasteiger partial charge on any atom is -0.352 e. The number of nitrogens with one attached hydrogen (secondary N) is 1. The van der Waals surface area contributed by atoms with Gasteiger partial charge in [-0.1, -0.05) is 35.3 Å². The van der Waals surface area contributed by atoms with E-state index in [4.69, 9.17) is 23.2 Å². The second-order valence-corrected chi connectivity index (χ2v) is 7.17. The number of benzene rings is 1. The summed E-state index contributed by atoms with van der Waals surface area (Å²) < 4.78 is 0. The minimum atomic E-state index is -0.00770. The molecule has 6 heteroatoms. The number of pyridine rings is 1. The van der Waals surface area contributed by atoms with Gasteiger partial charge in [0.15, 0.2) is 0 Å². The Kier molecular flexibility index (Phi) is 6.29. The van der Waals surface area contributed by atoms with Gasteiger partial charge in [0.2, 0.25) is 5.91 Å². The lowest BCUT2D eigenvalue weighted by Crippen LogP contribution is -2.42. The fourth-order valence-electron chi connectivity index (χ4n) is 3.16. The highest BCUT2D eigenvalue weighted by molar-refractivity contribution is 6.35. The van der Waals surface area contributed by atoms with Crippen molar-refractivity contribution in [3.05, 3.63) is 63.9 Å². The summed E-state index contributed by atoms with van der Waals surface area (Å²) in [6.07, 6.45) is 5.40. The van der Waals surface area contributed by atoms with E-state index in [1.165, 1.54) is 0 Å². The third-order valence-electron chi connectivity index (χ3n) is 4.51. The summed E-state index contributed by atoms with van der Waals surface area (Å²) in [7, 11) is 0. The van der Waals surface area contributed by atoms with Crippen molar-refractivity contribution in [2.75, 3.05) is 13.1 Å². The molecule has 0 spiro atoms. The number of amides is 1. The zero-order chi connectivity index (χ0) is 17.6. The summed E-state index contributed by atoms with van der Waals surface area (Å²) in [5.74, 6) is 0.0884. The summed E-state index contributed by atoms with van der Waals surface area (Å²) in [5, 5.41) is 4.37. The molecular formula is C19H21Cl2N3O. The van der Waals surface area contributed by atoms with E-state index in [1.807, 2.05) is 30.3 Å². The Labute approximate surface area is 158 Å². The van der Waals surface area contributed by atoms with Crippen LogP contribution in [0.3, 0.4) is 0 Å². The predicted molar refractivity (Wildman–Crippen MR) is 101 cm³/mol. The molecule has 1 amide bonds. The van der Waals surface area contributed by atoms with Gasteiger partial charge in [0, 0.05) is 47.6 Å². The number of nitrogens with zero attached hydrogens (tertiary/aromatic N) is 2. The fraction of sp³-hybridized carbons (Fsp3) is 0.368. The molecule has 0 aliphatic carbocycles. The maximum Gasteiger partial charge on any atom is 0.224 e. The van der Waals surface area contributed by atoms with Crippen LogP contribution < -0.4 is 5.32 Å². The largest absolute Gasteiger partial charge is 0.352 e. The van der Waals surface area contributed by atoms with Gasteiger partial charge in [-0.15, -0.1) is 0 Å². The highest BCUT2D eigenvalue weighted by Gasteiger charge is 2.26. The summed E-state index contributed by atoms with van der Waals surface area (Å²) in [6.45, 7) is 2.86. The Morgan fingerprint density at radius 2 is 2.04 bits per heavy atom. The SMILES string of the molecule is O=C(NCc1cccnc1)C1CCCN(Cc2c(Cl)cccc2Cl)C1. The van der Waals surface area contributed by atoms with Gasteiger partial charge < -0.3 is 5.32 Å². The van der Waals surface area contributed by atoms with Crippen LogP contribution in [-0.2, 0) is 17.9 Å². The molecule has 0 radical (unpaired) electrons. The van der Waals surface area contributed by atoms with Crippen LogP contribution in [0.4, 0.5) is 0 Å². The number of carbonyl (C=O) groups excluding carboxylic acids is 1. The van der Waals surface area contributed by atoms with E-state index in [-0.39, 0.29) is 11.8 Å². The molecular weight excluding hydrogens is 357 g/mol. The zero-order valence-corrected chi connectivity index (χ0v) is 15.4. The molecule has 25 heavy (non-hydrogen) atoms. The van der Waals surface area contributed by atoms with E-state index in [0.29, 0.717) is 23.1 Å². The first-order valence-corrected chi connectivity index (χ1v) is 9.21. The maximum atomic E-state index is 12.5. The Morgan fingerprint density at radius 1 is 1.24 bits per heavy atom. The molecule has 2 aromatic rings. The molecule has 0 bridgehead atoms. The van der Waals surface area contributed by atoms with E-state index >= 15 is 0 Å². The number of hydrogen-bond donors (Lipinski definition) is 1. The first-order valence-electron chi connectivity index (χ1n) is 8.45. The van der Waals surface area contributed by atoms with Crippen molar-refractivity contribution < 1.29 is 4.79 Å². The van der Waals surface area contributed by atoms with Crippen LogP contribution in [0.1, 0.15) is 24.0 Å². The van der Waals surface area contributed by atoms with E-state index in [0.717, 1.165) is 37.1 Å². The standard InChI is InChI=1S/C19H21Cl2N3O/c20-17-6-1-7-18(21)16(17)13-24-9-3-5-15(12-24)19(25)23-11-14-4-2-8-22-10-14/h1-2,4,6-8,10,15H,3,5,9,11-13H2,(H,23,25). The van der Waals surface area contributed by atoms with Crippen LogP contribution in [0.15, 0.2) is 42.7 Å². The summed E-state index contributed by atoms with van der Waals surface area (Å²) in [5.41, 5.74) is 1.94. The highest BCUT2D eigenvalue weighted by atomic mass is 35.5. The molecule has 132 valence electrons. The molecule has 1 aliphatic heterocycles. The lowest BCUT2D eigenvalue weighted by molar-refractivity contribution is -0.126. The molecule has 1 N–H and O–H groups in total. The Balaban J connectivity index is 1.56. The monoisotopic (exact) mass is 377 g/mol. The van der Waals surface area contributed by atoms with Crippen molar-refractivity contribution in [3.8, 4) is 0 Å². The number of hydrogen-bond acceptors (Lipinski definition) is 3. The normalized spacial score (nSPS) is 18.1. The molecule has 1 aromatic heterocycles. The topological polar surface area (TPSA) is 45.2 Å². The zero-order valence-electron chi connectivity index (χ0n) is 13.9. The maximum absolute atomic E-state index is 12.5. The van der Waals surface area contributed by atoms with Crippen molar-refractivity contribution >= 4 is 29.1 Å². The fourth-order valence-corrected chi connectivity index (χ4v) is 3.67. The van der Waals surface area contributed by atoms with Gasteiger partial charge in [0.25, 0.3) is 0 Å². The summed E-state index contributed by atoms with van der Waals surface area (Å²) in [6, 6.07) is 9.38. The van der Waals surface area contributed by atoms with Gasteiger partial charge >= 0.3 is 0 Å². The Morgan fingerprint density at radius 3 is 2.76 bits per heavy atom. The number of aromatic nitrogens is 1. The van der Waals surface area contributed by atoms with Crippen LogP contribution in [0.5, 0.6) is 0 Å². The Hall–Kier alpha value is -1.62. The third-order valence-corrected chi connectivity index (χ3v) is 5.22. The molecule has 1 aromatic carbocycles. The van der Waals surface area contributed by atoms with Gasteiger partial charge in [0.05, 0.1) is 5.92 Å². The number of likely N-dealkylation sites (tertiary alicyclic amines) is 1. The number of rotatable bonds is 5. The van der Waals surface area contributed by atoms with Crippen LogP contribution in [0.25, 0.3) is 0 Å². The smallest absolute Gasteiger partial charge is 0.224 e. The average molecular weight is 378 g/mol. The van der Waals surface area contributed by atoms with Crippen LogP contribution in [-0.4, -0.2) is 28.9 Å². The van der Waals surface area contributed by atoms with E-state index in [2.05, 4.69) is 15.2 Å². The second-order valence-electron chi connectivity index (χ2n) is 6.35. The minimum absolute atomic E-state index is 0.00770. The molecule has 1 aliphatic rings. The van der Waals surface area contributed by atoms with Crippen molar-refractivity contribution in [3.63, 3.8) is 0 Å². The van der Waals surface area contributed by atoms with Crippen molar-refractivity contribution in [2.24, 2.45) is 5.92 Å². The van der Waals surface area contributed by atoms with E-state index in [1.54, 1.807) is 12.4 Å². The highest BCUT2D eigenvalue weighted by Crippen LogP contribution is 2.27. The number of carbonyl (C=O) groups is 1. The summed E-state index contributed by atoms with van der Waals surface area (Å²) >= 11 is 12.5.